The van der Waals surface area contributed by atoms with Crippen LogP contribution >= 0.6 is 0 Å². The number of aliphatic carboxylic acids is 1. The summed E-state index contributed by atoms with van der Waals surface area (Å²) in [5, 5.41) is 28.0. The summed E-state index contributed by atoms with van der Waals surface area (Å²) in [6, 6.07) is 0. The number of hydrogen-bond donors (Lipinski definition) is 3. The van der Waals surface area contributed by atoms with Gasteiger partial charge >= 0.3 is 11.9 Å². The van der Waals surface area contributed by atoms with Gasteiger partial charge in [0.15, 0.2) is 0 Å². The summed E-state index contributed by atoms with van der Waals surface area (Å²) in [5.74, 6) is -2.50. The van der Waals surface area contributed by atoms with Gasteiger partial charge in [0.1, 0.15) is 12.2 Å². The van der Waals surface area contributed by atoms with Crippen molar-refractivity contribution < 1.29 is 29.6 Å². The first-order valence-corrected chi connectivity index (χ1v) is 5.02. The molecule has 6 heteroatoms. The molecule has 4 unspecified atom stereocenters. The van der Waals surface area contributed by atoms with Crippen LogP contribution in [0.3, 0.4) is 0 Å². The van der Waals surface area contributed by atoms with Gasteiger partial charge in [-0.05, 0) is 12.8 Å². The predicted octanol–water partition coefficient (Wildman–Crippen LogP) is -0.945. The Morgan fingerprint density at radius 3 is 2.69 bits per heavy atom. The molecule has 1 saturated carbocycles. The van der Waals surface area contributed by atoms with Gasteiger partial charge in [-0.3, -0.25) is 0 Å². The molecule has 2 aliphatic rings. The number of carbonyl (C=O) groups excluding carboxylic acids is 1. The van der Waals surface area contributed by atoms with Gasteiger partial charge < -0.3 is 20.1 Å². The number of hydrogen-bond acceptors (Lipinski definition) is 5. The maximum absolute atomic E-state index is 11.1. The van der Waals surface area contributed by atoms with Crippen molar-refractivity contribution in [3.63, 3.8) is 0 Å². The van der Waals surface area contributed by atoms with Crippen LogP contribution in [0.2, 0.25) is 0 Å². The zero-order valence-electron chi connectivity index (χ0n) is 8.37. The van der Waals surface area contributed by atoms with Crippen LogP contribution in [0.25, 0.3) is 0 Å². The minimum Gasteiger partial charge on any atom is -0.478 e. The summed E-state index contributed by atoms with van der Waals surface area (Å²) in [6.45, 7) is 0. The van der Waals surface area contributed by atoms with E-state index < -0.39 is 36.2 Å². The van der Waals surface area contributed by atoms with Gasteiger partial charge in [-0.25, -0.2) is 9.59 Å². The standard InChI is InChI=1S/C10H12O6/c11-6-2-1-4-5(10(14)15)3-7(12)16-9(4)8(6)13/h3-4,6,8-9,11,13H,1-2H2,(H,14,15). The van der Waals surface area contributed by atoms with E-state index in [0.717, 1.165) is 6.08 Å². The number of carboxylic acids is 1. The minimum atomic E-state index is -1.22. The Kier molecular flexibility index (Phi) is 2.69. The molecule has 4 atom stereocenters. The van der Waals surface area contributed by atoms with E-state index in [2.05, 4.69) is 0 Å². The molecule has 2 rings (SSSR count). The first-order valence-electron chi connectivity index (χ1n) is 5.02. The van der Waals surface area contributed by atoms with Crippen LogP contribution in [0.15, 0.2) is 11.6 Å². The van der Waals surface area contributed by atoms with Gasteiger partial charge in [-0.1, -0.05) is 0 Å². The monoisotopic (exact) mass is 228 g/mol. The Balaban J connectivity index is 2.31. The highest BCUT2D eigenvalue weighted by atomic mass is 16.6. The highest BCUT2D eigenvalue weighted by Crippen LogP contribution is 2.35. The fraction of sp³-hybridized carbons (Fsp3) is 0.600. The number of aliphatic hydroxyl groups is 2. The highest BCUT2D eigenvalue weighted by Gasteiger charge is 2.45. The van der Waals surface area contributed by atoms with E-state index >= 15 is 0 Å². The van der Waals surface area contributed by atoms with Crippen molar-refractivity contribution in [2.45, 2.75) is 31.2 Å². The van der Waals surface area contributed by atoms with E-state index in [-0.39, 0.29) is 5.57 Å². The molecule has 0 spiro atoms. The lowest BCUT2D eigenvalue weighted by molar-refractivity contribution is -0.170. The summed E-state index contributed by atoms with van der Waals surface area (Å²) in [6.07, 6.45) is -1.52. The Morgan fingerprint density at radius 1 is 1.38 bits per heavy atom. The van der Waals surface area contributed by atoms with E-state index in [1.807, 2.05) is 0 Å². The van der Waals surface area contributed by atoms with Gasteiger partial charge in [-0.2, -0.15) is 0 Å². The van der Waals surface area contributed by atoms with Crippen LogP contribution in [-0.4, -0.2) is 45.6 Å². The van der Waals surface area contributed by atoms with Crippen molar-refractivity contribution in [3.8, 4) is 0 Å². The highest BCUT2D eigenvalue weighted by molar-refractivity contribution is 5.97. The third-order valence-electron chi connectivity index (χ3n) is 3.07. The molecular weight excluding hydrogens is 216 g/mol. The molecule has 0 saturated heterocycles. The summed E-state index contributed by atoms with van der Waals surface area (Å²) < 4.78 is 4.86. The third kappa shape index (κ3) is 1.70. The minimum absolute atomic E-state index is 0.0489. The van der Waals surface area contributed by atoms with Crippen LogP contribution in [0.4, 0.5) is 0 Å². The molecule has 0 amide bonds. The molecule has 0 radical (unpaired) electrons. The molecule has 1 aliphatic heterocycles. The second kappa shape index (κ2) is 3.88. The maximum atomic E-state index is 11.1. The van der Waals surface area contributed by atoms with Gasteiger partial charge in [-0.15, -0.1) is 0 Å². The van der Waals surface area contributed by atoms with Crippen molar-refractivity contribution in [1.29, 1.82) is 0 Å². The first-order chi connectivity index (χ1) is 7.50. The van der Waals surface area contributed by atoms with E-state index in [1.54, 1.807) is 0 Å². The number of ether oxygens (including phenoxy) is 1. The number of esters is 1. The SMILES string of the molecule is O=C1C=C(C(=O)O)C2CCC(O)C(O)C2O1. The normalized spacial score (nSPS) is 38.4. The van der Waals surface area contributed by atoms with Gasteiger partial charge in [0, 0.05) is 12.0 Å². The predicted molar refractivity (Wildman–Crippen MR) is 50.3 cm³/mol. The molecule has 1 fully saturated rings. The van der Waals surface area contributed by atoms with Crippen LogP contribution in [-0.2, 0) is 14.3 Å². The van der Waals surface area contributed by atoms with Crippen molar-refractivity contribution in [1.82, 2.24) is 0 Å². The molecular formula is C10H12O6. The van der Waals surface area contributed by atoms with Crippen molar-refractivity contribution in [3.05, 3.63) is 11.6 Å². The number of carboxylic acid groups (broad SMARTS) is 1. The van der Waals surface area contributed by atoms with Crippen molar-refractivity contribution >= 4 is 11.9 Å². The molecule has 0 aromatic carbocycles. The van der Waals surface area contributed by atoms with E-state index in [0.29, 0.717) is 12.8 Å². The Labute approximate surface area is 91.1 Å². The van der Waals surface area contributed by atoms with Gasteiger partial charge in [0.2, 0.25) is 0 Å². The second-order valence-corrected chi connectivity index (χ2v) is 4.05. The zero-order valence-corrected chi connectivity index (χ0v) is 8.37. The average molecular weight is 228 g/mol. The quantitative estimate of drug-likeness (QED) is 0.500. The summed E-state index contributed by atoms with van der Waals surface area (Å²) in [4.78, 5) is 22.1. The molecule has 6 nitrogen and oxygen atoms in total. The lowest BCUT2D eigenvalue weighted by Gasteiger charge is -2.39. The maximum Gasteiger partial charge on any atom is 0.332 e. The van der Waals surface area contributed by atoms with Gasteiger partial charge in [0.05, 0.1) is 11.7 Å². The Bertz CT molecular complexity index is 360. The Morgan fingerprint density at radius 2 is 2.06 bits per heavy atom. The third-order valence-corrected chi connectivity index (χ3v) is 3.07. The summed E-state index contributed by atoms with van der Waals surface area (Å²) in [5.41, 5.74) is -0.0489. The van der Waals surface area contributed by atoms with Crippen LogP contribution in [0.5, 0.6) is 0 Å². The molecule has 1 aliphatic carbocycles. The summed E-state index contributed by atoms with van der Waals surface area (Å²) >= 11 is 0. The van der Waals surface area contributed by atoms with Crippen LogP contribution < -0.4 is 0 Å². The number of rotatable bonds is 1. The number of aliphatic hydroxyl groups excluding tert-OH is 2. The van der Waals surface area contributed by atoms with Crippen LogP contribution in [0.1, 0.15) is 12.8 Å². The fourth-order valence-electron chi connectivity index (χ4n) is 2.25. The lowest BCUT2D eigenvalue weighted by atomic mass is 9.77. The molecule has 1 heterocycles. The fourth-order valence-corrected chi connectivity index (χ4v) is 2.25. The van der Waals surface area contributed by atoms with Crippen molar-refractivity contribution in [2.24, 2.45) is 5.92 Å². The van der Waals surface area contributed by atoms with Crippen molar-refractivity contribution in [2.75, 3.05) is 0 Å². The molecule has 16 heavy (non-hydrogen) atoms. The zero-order chi connectivity index (χ0) is 11.9. The van der Waals surface area contributed by atoms with Gasteiger partial charge in [0.25, 0.3) is 0 Å². The number of carbonyl (C=O) groups is 2. The second-order valence-electron chi connectivity index (χ2n) is 4.05. The molecule has 0 aromatic heterocycles. The van der Waals surface area contributed by atoms with E-state index in [1.165, 1.54) is 0 Å². The molecule has 0 aromatic rings. The topological polar surface area (TPSA) is 104 Å². The van der Waals surface area contributed by atoms with E-state index in [9.17, 15) is 19.8 Å². The number of fused-ring (bicyclic) bond motifs is 1. The first kappa shape index (κ1) is 11.1. The molecule has 0 bridgehead atoms. The molecule has 88 valence electrons. The lowest BCUT2D eigenvalue weighted by Crippen LogP contribution is -2.51. The van der Waals surface area contributed by atoms with Crippen LogP contribution in [0, 0.1) is 5.92 Å². The van der Waals surface area contributed by atoms with E-state index in [4.69, 9.17) is 9.84 Å². The summed E-state index contributed by atoms with van der Waals surface area (Å²) in [7, 11) is 0. The average Bonchev–Trinajstić information content (AvgIpc) is 2.23. The largest absolute Gasteiger partial charge is 0.478 e. The smallest absolute Gasteiger partial charge is 0.332 e. The molecule has 3 N–H and O–H groups in total. The Hall–Kier alpha value is -1.40.